The van der Waals surface area contributed by atoms with Gasteiger partial charge >= 0.3 is 0 Å². The highest BCUT2D eigenvalue weighted by Gasteiger charge is 2.22. The van der Waals surface area contributed by atoms with E-state index in [-0.39, 0.29) is 24.4 Å². The number of para-hydroxylation sites is 1. The van der Waals surface area contributed by atoms with Crippen LogP contribution in [0.1, 0.15) is 44.7 Å². The van der Waals surface area contributed by atoms with Crippen LogP contribution in [0.4, 0.5) is 0 Å². The first-order chi connectivity index (χ1) is 10.6. The van der Waals surface area contributed by atoms with Crippen LogP contribution in [-0.2, 0) is 4.79 Å². The van der Waals surface area contributed by atoms with Gasteiger partial charge in [-0.1, -0.05) is 32.0 Å². The van der Waals surface area contributed by atoms with Crippen LogP contribution in [0.25, 0.3) is 0 Å². The predicted molar refractivity (Wildman–Crippen MR) is 96.2 cm³/mol. The molecule has 1 aromatic rings. The summed E-state index contributed by atoms with van der Waals surface area (Å²) in [5.41, 5.74) is 1.05. The maximum absolute atomic E-state index is 12.2. The molecule has 2 rings (SSSR count). The van der Waals surface area contributed by atoms with Crippen molar-refractivity contribution in [1.82, 2.24) is 10.6 Å². The summed E-state index contributed by atoms with van der Waals surface area (Å²) in [7, 11) is 1.67. The molecule has 1 aliphatic carbocycles. The molecule has 0 saturated heterocycles. The first-order valence-electron chi connectivity index (χ1n) is 8.23. The van der Waals surface area contributed by atoms with E-state index in [1.165, 1.54) is 12.8 Å². The Morgan fingerprint density at radius 2 is 2.00 bits per heavy atom. The number of hydrogen-bond donors (Lipinski definition) is 2. The minimum Gasteiger partial charge on any atom is -0.496 e. The van der Waals surface area contributed by atoms with Crippen molar-refractivity contribution in [2.24, 2.45) is 11.8 Å². The lowest BCUT2D eigenvalue weighted by atomic mass is 9.96. The predicted octanol–water partition coefficient (Wildman–Crippen LogP) is 3.32. The largest absolute Gasteiger partial charge is 0.496 e. The minimum absolute atomic E-state index is 0. The van der Waals surface area contributed by atoms with Crippen LogP contribution in [0.3, 0.4) is 0 Å². The highest BCUT2D eigenvalue weighted by molar-refractivity contribution is 5.85. The molecule has 0 aliphatic heterocycles. The maximum Gasteiger partial charge on any atom is 0.234 e. The van der Waals surface area contributed by atoms with E-state index in [0.29, 0.717) is 12.5 Å². The maximum atomic E-state index is 12.2. The summed E-state index contributed by atoms with van der Waals surface area (Å²) in [6.07, 6.45) is 3.49. The molecule has 1 saturated carbocycles. The molecule has 1 aromatic carbocycles. The number of amides is 1. The Kier molecular flexibility index (Phi) is 8.42. The fourth-order valence-corrected chi connectivity index (χ4v) is 2.65. The van der Waals surface area contributed by atoms with Crippen molar-refractivity contribution in [3.63, 3.8) is 0 Å². The van der Waals surface area contributed by atoms with E-state index < -0.39 is 0 Å². The van der Waals surface area contributed by atoms with E-state index in [1.54, 1.807) is 7.11 Å². The van der Waals surface area contributed by atoms with Gasteiger partial charge < -0.3 is 15.4 Å². The highest BCUT2D eigenvalue weighted by Crippen LogP contribution is 2.29. The Hall–Kier alpha value is -1.26. The number of nitrogens with one attached hydrogen (secondary N) is 2. The SMILES string of the molecule is COc1ccccc1C(CC(C)C)NC(=O)CNCC1CC1.Cl. The quantitative estimate of drug-likeness (QED) is 0.725. The van der Waals surface area contributed by atoms with Crippen LogP contribution in [0.2, 0.25) is 0 Å². The lowest BCUT2D eigenvalue weighted by Crippen LogP contribution is -2.37. The Labute approximate surface area is 145 Å². The zero-order valence-electron chi connectivity index (χ0n) is 14.3. The third-order valence-corrected chi connectivity index (χ3v) is 3.97. The number of carbonyl (C=O) groups excluding carboxylic acids is 1. The number of ether oxygens (including phenoxy) is 1. The second kappa shape index (κ2) is 9.78. The number of halogens is 1. The lowest BCUT2D eigenvalue weighted by molar-refractivity contribution is -0.121. The molecule has 1 atom stereocenters. The smallest absolute Gasteiger partial charge is 0.234 e. The molecule has 130 valence electrons. The molecule has 0 heterocycles. The molecule has 5 heteroatoms. The lowest BCUT2D eigenvalue weighted by Gasteiger charge is -2.23. The van der Waals surface area contributed by atoms with Crippen LogP contribution >= 0.6 is 12.4 Å². The van der Waals surface area contributed by atoms with Gasteiger partial charge in [-0.25, -0.2) is 0 Å². The van der Waals surface area contributed by atoms with Crippen molar-refractivity contribution in [3.8, 4) is 5.75 Å². The summed E-state index contributed by atoms with van der Waals surface area (Å²) in [6.45, 7) is 5.68. The van der Waals surface area contributed by atoms with Gasteiger partial charge in [0.05, 0.1) is 19.7 Å². The molecule has 1 amide bonds. The van der Waals surface area contributed by atoms with Crippen molar-refractivity contribution < 1.29 is 9.53 Å². The summed E-state index contributed by atoms with van der Waals surface area (Å²) >= 11 is 0. The van der Waals surface area contributed by atoms with Gasteiger partial charge in [-0.05, 0) is 43.7 Å². The Morgan fingerprint density at radius 1 is 1.30 bits per heavy atom. The van der Waals surface area contributed by atoms with E-state index in [4.69, 9.17) is 4.74 Å². The van der Waals surface area contributed by atoms with Gasteiger partial charge in [-0.15, -0.1) is 12.4 Å². The van der Waals surface area contributed by atoms with E-state index >= 15 is 0 Å². The number of carbonyl (C=O) groups is 1. The standard InChI is InChI=1S/C18H28N2O2.ClH/c1-13(2)10-16(15-6-4-5-7-17(15)22-3)20-18(21)12-19-11-14-8-9-14;/h4-7,13-14,16,19H,8-12H2,1-3H3,(H,20,21);1H. The molecule has 2 N–H and O–H groups in total. The fraction of sp³-hybridized carbons (Fsp3) is 0.611. The molecule has 0 spiro atoms. The molecular weight excluding hydrogens is 312 g/mol. The zero-order chi connectivity index (χ0) is 15.9. The third-order valence-electron chi connectivity index (χ3n) is 3.97. The fourth-order valence-electron chi connectivity index (χ4n) is 2.65. The summed E-state index contributed by atoms with van der Waals surface area (Å²) in [6, 6.07) is 7.91. The third kappa shape index (κ3) is 6.80. The van der Waals surface area contributed by atoms with Crippen molar-refractivity contribution >= 4 is 18.3 Å². The average Bonchev–Trinajstić information content (AvgIpc) is 3.30. The number of rotatable bonds is 9. The molecule has 0 aromatic heterocycles. The van der Waals surface area contributed by atoms with Crippen LogP contribution in [-0.4, -0.2) is 26.1 Å². The summed E-state index contributed by atoms with van der Waals surface area (Å²) < 4.78 is 5.44. The first kappa shape index (κ1) is 19.8. The van der Waals surface area contributed by atoms with E-state index in [9.17, 15) is 4.79 Å². The number of hydrogen-bond acceptors (Lipinski definition) is 3. The van der Waals surface area contributed by atoms with Gasteiger partial charge in [0.15, 0.2) is 0 Å². The van der Waals surface area contributed by atoms with E-state index in [2.05, 4.69) is 24.5 Å². The van der Waals surface area contributed by atoms with Crippen LogP contribution in [0, 0.1) is 11.8 Å². The molecule has 4 nitrogen and oxygen atoms in total. The van der Waals surface area contributed by atoms with Gasteiger partial charge in [-0.3, -0.25) is 4.79 Å². The summed E-state index contributed by atoms with van der Waals surface area (Å²) in [5.74, 6) is 2.17. The van der Waals surface area contributed by atoms with Gasteiger partial charge in [0.25, 0.3) is 0 Å². The Morgan fingerprint density at radius 3 is 2.61 bits per heavy atom. The van der Waals surface area contributed by atoms with Crippen molar-refractivity contribution in [1.29, 1.82) is 0 Å². The van der Waals surface area contributed by atoms with E-state index in [0.717, 1.165) is 30.2 Å². The van der Waals surface area contributed by atoms with E-state index in [1.807, 2.05) is 24.3 Å². The molecule has 0 radical (unpaired) electrons. The van der Waals surface area contributed by atoms with Gasteiger partial charge in [0.1, 0.15) is 5.75 Å². The topological polar surface area (TPSA) is 50.4 Å². The van der Waals surface area contributed by atoms with Crippen molar-refractivity contribution in [3.05, 3.63) is 29.8 Å². The summed E-state index contributed by atoms with van der Waals surface area (Å²) in [4.78, 5) is 12.2. The number of methoxy groups -OCH3 is 1. The second-order valence-corrected chi connectivity index (χ2v) is 6.57. The monoisotopic (exact) mass is 340 g/mol. The number of benzene rings is 1. The van der Waals surface area contributed by atoms with Gasteiger partial charge in [-0.2, -0.15) is 0 Å². The molecule has 1 unspecified atom stereocenters. The van der Waals surface area contributed by atoms with Crippen molar-refractivity contribution in [2.75, 3.05) is 20.2 Å². The average molecular weight is 341 g/mol. The molecule has 1 aliphatic rings. The summed E-state index contributed by atoms with van der Waals surface area (Å²) in [5, 5.41) is 6.39. The van der Waals surface area contributed by atoms with Crippen LogP contribution in [0.5, 0.6) is 5.75 Å². The minimum atomic E-state index is -0.00799. The molecule has 23 heavy (non-hydrogen) atoms. The van der Waals surface area contributed by atoms with Gasteiger partial charge in [0.2, 0.25) is 5.91 Å². The van der Waals surface area contributed by atoms with Crippen LogP contribution < -0.4 is 15.4 Å². The Bertz CT molecular complexity index is 490. The second-order valence-electron chi connectivity index (χ2n) is 6.57. The zero-order valence-corrected chi connectivity index (χ0v) is 15.1. The molecule has 1 fully saturated rings. The highest BCUT2D eigenvalue weighted by atomic mass is 35.5. The normalized spacial score (nSPS) is 15.0. The molecular formula is C18H29ClN2O2. The Balaban J connectivity index is 0.00000264. The first-order valence-corrected chi connectivity index (χ1v) is 8.23. The van der Waals surface area contributed by atoms with Crippen LogP contribution in [0.15, 0.2) is 24.3 Å². The van der Waals surface area contributed by atoms with Crippen molar-refractivity contribution in [2.45, 2.75) is 39.2 Å². The molecule has 0 bridgehead atoms. The van der Waals surface area contributed by atoms with Gasteiger partial charge in [0, 0.05) is 5.56 Å².